The molecule has 17 heavy (non-hydrogen) atoms. The molecule has 2 aromatic rings. The molecule has 0 bridgehead atoms. The topological polar surface area (TPSA) is 54.9 Å². The van der Waals surface area contributed by atoms with Crippen molar-refractivity contribution >= 4 is 45.8 Å². The second-order valence-electron chi connectivity index (χ2n) is 3.16. The number of nitrogens with one attached hydrogen (secondary N) is 1. The average Bonchev–Trinajstić information content (AvgIpc) is 2.32. The van der Waals surface area contributed by atoms with Gasteiger partial charge in [-0.25, -0.2) is 4.98 Å². The van der Waals surface area contributed by atoms with Crippen molar-refractivity contribution in [1.82, 2.24) is 9.97 Å². The van der Waals surface area contributed by atoms with Crippen LogP contribution in [0.4, 0.5) is 5.69 Å². The van der Waals surface area contributed by atoms with Crippen molar-refractivity contribution in [2.45, 2.75) is 0 Å². The van der Waals surface area contributed by atoms with Gasteiger partial charge in [-0.05, 0) is 34.7 Å². The number of amides is 1. The van der Waals surface area contributed by atoms with Gasteiger partial charge in [0.05, 0.1) is 18.1 Å². The van der Waals surface area contributed by atoms with Gasteiger partial charge in [0, 0.05) is 3.57 Å². The van der Waals surface area contributed by atoms with Crippen LogP contribution in [-0.2, 0) is 0 Å². The van der Waals surface area contributed by atoms with Crippen molar-refractivity contribution < 1.29 is 4.79 Å². The highest BCUT2D eigenvalue weighted by atomic mass is 127. The fourth-order valence-corrected chi connectivity index (χ4v) is 1.87. The average molecular weight is 360 g/mol. The Labute approximate surface area is 117 Å². The molecule has 4 nitrogen and oxygen atoms in total. The second-order valence-corrected chi connectivity index (χ2v) is 4.71. The minimum Gasteiger partial charge on any atom is -0.320 e. The van der Waals surface area contributed by atoms with Gasteiger partial charge in [0.25, 0.3) is 5.91 Å². The van der Waals surface area contributed by atoms with Crippen LogP contribution >= 0.6 is 34.2 Å². The minimum absolute atomic E-state index is 0.192. The number of benzene rings is 1. The van der Waals surface area contributed by atoms with Gasteiger partial charge in [-0.1, -0.05) is 23.7 Å². The van der Waals surface area contributed by atoms with Gasteiger partial charge in [-0.15, -0.1) is 0 Å². The molecule has 1 aromatic carbocycles. The smallest absolute Gasteiger partial charge is 0.275 e. The van der Waals surface area contributed by atoms with Crippen LogP contribution in [0.25, 0.3) is 0 Å². The zero-order chi connectivity index (χ0) is 12.3. The largest absolute Gasteiger partial charge is 0.320 e. The Balaban J connectivity index is 2.20. The third kappa shape index (κ3) is 3.13. The van der Waals surface area contributed by atoms with Gasteiger partial charge in [0.15, 0.2) is 0 Å². The molecule has 0 aliphatic heterocycles. The maximum Gasteiger partial charge on any atom is 0.275 e. The van der Waals surface area contributed by atoms with Crippen LogP contribution in [0.15, 0.2) is 36.7 Å². The first-order chi connectivity index (χ1) is 8.16. The molecule has 6 heteroatoms. The normalized spacial score (nSPS) is 10.0. The van der Waals surface area contributed by atoms with E-state index in [4.69, 9.17) is 11.6 Å². The molecule has 0 spiro atoms. The van der Waals surface area contributed by atoms with Gasteiger partial charge < -0.3 is 5.32 Å². The molecule has 0 saturated carbocycles. The van der Waals surface area contributed by atoms with Crippen molar-refractivity contribution in [3.8, 4) is 0 Å². The number of aromatic nitrogens is 2. The lowest BCUT2D eigenvalue weighted by molar-refractivity contribution is 0.102. The number of anilines is 1. The Bertz CT molecular complexity index is 562. The molecule has 86 valence electrons. The molecule has 0 aliphatic carbocycles. The summed E-state index contributed by atoms with van der Waals surface area (Å²) in [7, 11) is 0. The molecule has 2 rings (SSSR count). The van der Waals surface area contributed by atoms with E-state index in [-0.39, 0.29) is 16.8 Å². The van der Waals surface area contributed by atoms with E-state index in [9.17, 15) is 4.79 Å². The summed E-state index contributed by atoms with van der Waals surface area (Å²) in [6, 6.07) is 7.47. The van der Waals surface area contributed by atoms with Crippen molar-refractivity contribution in [2.75, 3.05) is 5.32 Å². The van der Waals surface area contributed by atoms with Crippen LogP contribution in [0.3, 0.4) is 0 Å². The van der Waals surface area contributed by atoms with Crippen LogP contribution in [0.2, 0.25) is 5.15 Å². The standard InChI is InChI=1S/C11H7ClIN3O/c12-10-6-14-5-9(15-10)11(17)16-8-4-2-1-3-7(8)13/h1-6H,(H,16,17). The van der Waals surface area contributed by atoms with E-state index in [0.29, 0.717) is 0 Å². The lowest BCUT2D eigenvalue weighted by Crippen LogP contribution is -2.14. The molecular weight excluding hydrogens is 352 g/mol. The van der Waals surface area contributed by atoms with Crippen LogP contribution < -0.4 is 5.32 Å². The number of nitrogens with zero attached hydrogens (tertiary/aromatic N) is 2. The SMILES string of the molecule is O=C(Nc1ccccc1I)c1cncc(Cl)n1. The van der Waals surface area contributed by atoms with Crippen molar-refractivity contribution in [3.63, 3.8) is 0 Å². The molecule has 0 atom stereocenters. The van der Waals surface area contributed by atoms with Crippen molar-refractivity contribution in [3.05, 3.63) is 51.1 Å². The Morgan fingerprint density at radius 2 is 2.06 bits per heavy atom. The molecule has 1 N–H and O–H groups in total. The quantitative estimate of drug-likeness (QED) is 0.839. The number of rotatable bonds is 2. The predicted molar refractivity (Wildman–Crippen MR) is 74.2 cm³/mol. The molecule has 0 fully saturated rings. The highest BCUT2D eigenvalue weighted by Gasteiger charge is 2.09. The highest BCUT2D eigenvalue weighted by Crippen LogP contribution is 2.17. The lowest BCUT2D eigenvalue weighted by Gasteiger charge is -2.06. The number of para-hydroxylation sites is 1. The maximum atomic E-state index is 11.8. The summed E-state index contributed by atoms with van der Waals surface area (Å²) < 4.78 is 0.952. The summed E-state index contributed by atoms with van der Waals surface area (Å²) in [6.45, 7) is 0. The number of carbonyl (C=O) groups excluding carboxylic acids is 1. The summed E-state index contributed by atoms with van der Waals surface area (Å²) in [4.78, 5) is 19.5. The summed E-state index contributed by atoms with van der Waals surface area (Å²) in [5.41, 5.74) is 0.928. The molecule has 0 saturated heterocycles. The number of halogens is 2. The van der Waals surface area contributed by atoms with Crippen LogP contribution in [0.1, 0.15) is 10.5 Å². The highest BCUT2D eigenvalue weighted by molar-refractivity contribution is 14.1. The van der Waals surface area contributed by atoms with Crippen molar-refractivity contribution in [1.29, 1.82) is 0 Å². The van der Waals surface area contributed by atoms with Gasteiger partial charge in [0.2, 0.25) is 0 Å². The number of carbonyl (C=O) groups is 1. The number of hydrogen-bond acceptors (Lipinski definition) is 3. The molecule has 1 amide bonds. The summed E-state index contributed by atoms with van der Waals surface area (Å²) in [5, 5.41) is 2.94. The summed E-state index contributed by atoms with van der Waals surface area (Å²) in [6.07, 6.45) is 2.75. The molecule has 1 aromatic heterocycles. The van der Waals surface area contributed by atoms with Gasteiger partial charge in [-0.2, -0.15) is 0 Å². The van der Waals surface area contributed by atoms with Gasteiger partial charge >= 0.3 is 0 Å². The van der Waals surface area contributed by atoms with Crippen LogP contribution in [-0.4, -0.2) is 15.9 Å². The van der Waals surface area contributed by atoms with E-state index in [0.717, 1.165) is 9.26 Å². The Kier molecular flexibility index (Phi) is 3.90. The van der Waals surface area contributed by atoms with E-state index in [1.807, 2.05) is 24.3 Å². The van der Waals surface area contributed by atoms with Gasteiger partial charge in [-0.3, -0.25) is 9.78 Å². The fraction of sp³-hybridized carbons (Fsp3) is 0. The monoisotopic (exact) mass is 359 g/mol. The third-order valence-electron chi connectivity index (χ3n) is 1.96. The fourth-order valence-electron chi connectivity index (χ4n) is 1.20. The summed E-state index contributed by atoms with van der Waals surface area (Å²) >= 11 is 7.81. The molecule has 0 radical (unpaired) electrons. The molecular formula is C11H7ClIN3O. The van der Waals surface area contributed by atoms with E-state index in [1.54, 1.807) is 0 Å². The second kappa shape index (κ2) is 5.42. The first-order valence-corrected chi connectivity index (χ1v) is 6.16. The summed E-state index contributed by atoms with van der Waals surface area (Å²) in [5.74, 6) is -0.330. The van der Waals surface area contributed by atoms with E-state index < -0.39 is 0 Å². The van der Waals surface area contributed by atoms with E-state index in [2.05, 4.69) is 37.9 Å². The van der Waals surface area contributed by atoms with E-state index in [1.165, 1.54) is 12.4 Å². The van der Waals surface area contributed by atoms with Crippen LogP contribution in [0.5, 0.6) is 0 Å². The minimum atomic E-state index is -0.330. The zero-order valence-electron chi connectivity index (χ0n) is 8.52. The molecule has 1 heterocycles. The zero-order valence-corrected chi connectivity index (χ0v) is 11.4. The lowest BCUT2D eigenvalue weighted by atomic mass is 10.3. The first kappa shape index (κ1) is 12.3. The molecule has 0 unspecified atom stereocenters. The first-order valence-electron chi connectivity index (χ1n) is 4.70. The molecule has 0 aliphatic rings. The van der Waals surface area contributed by atoms with E-state index >= 15 is 0 Å². The maximum absolute atomic E-state index is 11.8. The predicted octanol–water partition coefficient (Wildman–Crippen LogP) is 2.99. The Hall–Kier alpha value is -1.21. The Morgan fingerprint density at radius 1 is 1.29 bits per heavy atom. The van der Waals surface area contributed by atoms with Crippen LogP contribution in [0, 0.1) is 3.57 Å². The number of hydrogen-bond donors (Lipinski definition) is 1. The Morgan fingerprint density at radius 3 is 2.76 bits per heavy atom. The van der Waals surface area contributed by atoms with Crippen molar-refractivity contribution in [2.24, 2.45) is 0 Å². The third-order valence-corrected chi connectivity index (χ3v) is 3.08. The van der Waals surface area contributed by atoms with Gasteiger partial charge in [0.1, 0.15) is 10.8 Å².